The number of anilines is 1. The molecule has 1 aromatic carbocycles. The minimum absolute atomic E-state index is 0.255. The number of hydrogen-bond acceptors (Lipinski definition) is 5. The van der Waals surface area contributed by atoms with E-state index in [0.29, 0.717) is 18.0 Å². The van der Waals surface area contributed by atoms with E-state index in [1.807, 2.05) is 18.2 Å². The van der Waals surface area contributed by atoms with Crippen molar-refractivity contribution in [3.05, 3.63) is 53.1 Å². The fourth-order valence-electron chi connectivity index (χ4n) is 1.97. The smallest absolute Gasteiger partial charge is 0.240 e. The van der Waals surface area contributed by atoms with Gasteiger partial charge in [0.2, 0.25) is 15.9 Å². The molecule has 0 unspecified atom stereocenters. The van der Waals surface area contributed by atoms with E-state index < -0.39 is 10.0 Å². The van der Waals surface area contributed by atoms with Gasteiger partial charge in [0, 0.05) is 23.0 Å². The third-order valence-electron chi connectivity index (χ3n) is 3.11. The molecule has 0 fully saturated rings. The van der Waals surface area contributed by atoms with E-state index in [2.05, 4.69) is 26.2 Å². The predicted molar refractivity (Wildman–Crippen MR) is 104 cm³/mol. The molecule has 0 atom stereocenters. The molecule has 1 N–H and O–H groups in total. The van der Waals surface area contributed by atoms with Crippen molar-refractivity contribution in [3.63, 3.8) is 0 Å². The van der Waals surface area contributed by atoms with E-state index >= 15 is 0 Å². The molecule has 0 radical (unpaired) electrons. The Morgan fingerprint density at radius 2 is 1.96 bits per heavy atom. The number of sulfonamides is 1. The van der Waals surface area contributed by atoms with Crippen LogP contribution in [0, 0.1) is 0 Å². The molecule has 2 rings (SSSR count). The Labute approximate surface area is 160 Å². The standard InChI is InChI=1S/C16H18BrN3O3S2/c1-25(22,23)20(14-7-5-13(17)6-8-14)12-15(21)18-10-11-24-16-4-2-3-9-19-16/h2-9H,10-12H2,1H3,(H,18,21). The molecule has 2 aromatic rings. The molecule has 0 saturated carbocycles. The second-order valence-corrected chi connectivity index (χ2v) is 9.05. The summed E-state index contributed by atoms with van der Waals surface area (Å²) in [4.78, 5) is 16.3. The first-order valence-electron chi connectivity index (χ1n) is 7.40. The lowest BCUT2D eigenvalue weighted by atomic mass is 10.3. The van der Waals surface area contributed by atoms with Gasteiger partial charge in [-0.2, -0.15) is 0 Å². The lowest BCUT2D eigenvalue weighted by Gasteiger charge is -2.21. The SMILES string of the molecule is CS(=O)(=O)N(CC(=O)NCCSc1ccccn1)c1ccc(Br)cc1. The lowest BCUT2D eigenvalue weighted by molar-refractivity contribution is -0.119. The van der Waals surface area contributed by atoms with Crippen LogP contribution in [-0.4, -0.2) is 44.4 Å². The highest BCUT2D eigenvalue weighted by Gasteiger charge is 2.20. The van der Waals surface area contributed by atoms with Crippen LogP contribution in [0.3, 0.4) is 0 Å². The first-order chi connectivity index (χ1) is 11.9. The number of benzene rings is 1. The van der Waals surface area contributed by atoms with Crippen LogP contribution in [-0.2, 0) is 14.8 Å². The molecule has 0 spiro atoms. The molecule has 0 bridgehead atoms. The van der Waals surface area contributed by atoms with Gasteiger partial charge < -0.3 is 5.32 Å². The number of rotatable bonds is 8. The molecule has 25 heavy (non-hydrogen) atoms. The minimum atomic E-state index is -3.56. The van der Waals surface area contributed by atoms with Crippen LogP contribution in [0.1, 0.15) is 0 Å². The maximum atomic E-state index is 12.1. The largest absolute Gasteiger partial charge is 0.354 e. The Balaban J connectivity index is 1.88. The highest BCUT2D eigenvalue weighted by molar-refractivity contribution is 9.10. The number of hydrogen-bond donors (Lipinski definition) is 1. The summed E-state index contributed by atoms with van der Waals surface area (Å²) in [6.07, 6.45) is 2.79. The fraction of sp³-hybridized carbons (Fsp3) is 0.250. The normalized spacial score (nSPS) is 11.1. The summed E-state index contributed by atoms with van der Waals surface area (Å²) < 4.78 is 25.9. The van der Waals surface area contributed by atoms with Gasteiger partial charge in [-0.25, -0.2) is 13.4 Å². The van der Waals surface area contributed by atoms with Crippen LogP contribution < -0.4 is 9.62 Å². The second-order valence-electron chi connectivity index (χ2n) is 5.11. The van der Waals surface area contributed by atoms with Crippen LogP contribution in [0.15, 0.2) is 58.2 Å². The van der Waals surface area contributed by atoms with Gasteiger partial charge in [-0.1, -0.05) is 22.0 Å². The van der Waals surface area contributed by atoms with Gasteiger partial charge in [-0.15, -0.1) is 11.8 Å². The lowest BCUT2D eigenvalue weighted by Crippen LogP contribution is -2.41. The molecule has 1 aromatic heterocycles. The molecule has 9 heteroatoms. The average Bonchev–Trinajstić information content (AvgIpc) is 2.57. The Morgan fingerprint density at radius 1 is 1.24 bits per heavy atom. The van der Waals surface area contributed by atoms with Gasteiger partial charge in [-0.3, -0.25) is 9.10 Å². The number of carbonyl (C=O) groups is 1. The third-order valence-corrected chi connectivity index (χ3v) is 5.73. The van der Waals surface area contributed by atoms with Crippen molar-refractivity contribution < 1.29 is 13.2 Å². The number of nitrogens with one attached hydrogen (secondary N) is 1. The van der Waals surface area contributed by atoms with Crippen molar-refractivity contribution in [2.45, 2.75) is 5.03 Å². The Bertz CT molecular complexity index is 799. The van der Waals surface area contributed by atoms with Gasteiger partial charge in [0.1, 0.15) is 6.54 Å². The van der Waals surface area contributed by atoms with Crippen LogP contribution >= 0.6 is 27.7 Å². The maximum Gasteiger partial charge on any atom is 0.240 e. The molecular formula is C16H18BrN3O3S2. The van der Waals surface area contributed by atoms with Gasteiger partial charge in [0.05, 0.1) is 17.0 Å². The quantitative estimate of drug-likeness (QED) is 0.500. The van der Waals surface area contributed by atoms with Crippen molar-refractivity contribution >= 4 is 49.3 Å². The van der Waals surface area contributed by atoms with E-state index in [1.165, 1.54) is 11.8 Å². The van der Waals surface area contributed by atoms with Crippen LogP contribution in [0.25, 0.3) is 0 Å². The minimum Gasteiger partial charge on any atom is -0.354 e. The van der Waals surface area contributed by atoms with E-state index in [-0.39, 0.29) is 12.5 Å². The number of amides is 1. The highest BCUT2D eigenvalue weighted by Crippen LogP contribution is 2.20. The van der Waals surface area contributed by atoms with E-state index in [1.54, 1.807) is 30.5 Å². The van der Waals surface area contributed by atoms with Gasteiger partial charge in [-0.05, 0) is 36.4 Å². The zero-order valence-electron chi connectivity index (χ0n) is 13.6. The van der Waals surface area contributed by atoms with Crippen LogP contribution in [0.4, 0.5) is 5.69 Å². The Hall–Kier alpha value is -1.58. The number of aromatic nitrogens is 1. The van der Waals surface area contributed by atoms with Crippen molar-refractivity contribution in [1.82, 2.24) is 10.3 Å². The Morgan fingerprint density at radius 3 is 2.56 bits per heavy atom. The van der Waals surface area contributed by atoms with E-state index in [9.17, 15) is 13.2 Å². The summed E-state index contributed by atoms with van der Waals surface area (Å²) in [5, 5.41) is 3.61. The van der Waals surface area contributed by atoms with Crippen molar-refractivity contribution in [1.29, 1.82) is 0 Å². The number of carbonyl (C=O) groups excluding carboxylic acids is 1. The molecule has 0 aliphatic carbocycles. The second kappa shape index (κ2) is 9.21. The summed E-state index contributed by atoms with van der Waals surface area (Å²) in [7, 11) is -3.56. The summed E-state index contributed by atoms with van der Waals surface area (Å²) >= 11 is 4.82. The number of thioether (sulfide) groups is 1. The molecular weight excluding hydrogens is 426 g/mol. The number of pyridine rings is 1. The molecule has 134 valence electrons. The monoisotopic (exact) mass is 443 g/mol. The topological polar surface area (TPSA) is 79.4 Å². The van der Waals surface area contributed by atoms with Crippen LogP contribution in [0.2, 0.25) is 0 Å². The highest BCUT2D eigenvalue weighted by atomic mass is 79.9. The summed E-state index contributed by atoms with van der Waals surface area (Å²) in [5.74, 6) is 0.301. The zero-order valence-corrected chi connectivity index (χ0v) is 16.8. The number of nitrogens with zero attached hydrogens (tertiary/aromatic N) is 2. The predicted octanol–water partition coefficient (Wildman–Crippen LogP) is 2.52. The van der Waals surface area contributed by atoms with Crippen LogP contribution in [0.5, 0.6) is 0 Å². The summed E-state index contributed by atoms with van der Waals surface area (Å²) in [6.45, 7) is 0.173. The average molecular weight is 444 g/mol. The maximum absolute atomic E-state index is 12.1. The first kappa shape index (κ1) is 19.7. The summed E-state index contributed by atoms with van der Waals surface area (Å²) in [5.41, 5.74) is 0.448. The van der Waals surface area contributed by atoms with E-state index in [4.69, 9.17) is 0 Å². The van der Waals surface area contributed by atoms with Crippen molar-refractivity contribution in [2.75, 3.05) is 29.4 Å². The molecule has 0 aliphatic rings. The van der Waals surface area contributed by atoms with Crippen molar-refractivity contribution in [2.24, 2.45) is 0 Å². The van der Waals surface area contributed by atoms with Gasteiger partial charge >= 0.3 is 0 Å². The first-order valence-corrected chi connectivity index (χ1v) is 11.0. The van der Waals surface area contributed by atoms with Crippen molar-refractivity contribution in [3.8, 4) is 0 Å². The summed E-state index contributed by atoms with van der Waals surface area (Å²) in [6, 6.07) is 12.4. The van der Waals surface area contributed by atoms with E-state index in [0.717, 1.165) is 20.1 Å². The number of halogens is 1. The fourth-order valence-corrected chi connectivity index (χ4v) is 3.82. The molecule has 1 heterocycles. The molecule has 0 aliphatic heterocycles. The molecule has 1 amide bonds. The zero-order chi connectivity index (χ0) is 18.3. The third kappa shape index (κ3) is 6.68. The molecule has 0 saturated heterocycles. The van der Waals surface area contributed by atoms with Gasteiger partial charge in [0.15, 0.2) is 0 Å². The Kier molecular flexibility index (Phi) is 7.27. The molecule has 6 nitrogen and oxygen atoms in total. The van der Waals surface area contributed by atoms with Gasteiger partial charge in [0.25, 0.3) is 0 Å².